The van der Waals surface area contributed by atoms with E-state index in [1.54, 1.807) is 7.11 Å². The standard InChI is InChI=1S/C18H29N3O2/c1-23-18-16-4-2-3-15(13-14(16)5-6-17(18)19)21-9-7-20(8-10-21)11-12-22/h5-6,15,22H,2-4,7-13,19H2,1H3/t15-/m1/s1. The lowest BCUT2D eigenvalue weighted by molar-refractivity contribution is 0.0805. The van der Waals surface area contributed by atoms with Gasteiger partial charge < -0.3 is 15.6 Å². The second kappa shape index (κ2) is 7.51. The molecular weight excluding hydrogens is 290 g/mol. The zero-order valence-electron chi connectivity index (χ0n) is 14.1. The van der Waals surface area contributed by atoms with Crippen LogP contribution in [0.4, 0.5) is 5.69 Å². The third-order valence-corrected chi connectivity index (χ3v) is 5.35. The summed E-state index contributed by atoms with van der Waals surface area (Å²) in [5.74, 6) is 0.885. The summed E-state index contributed by atoms with van der Waals surface area (Å²) < 4.78 is 5.55. The zero-order chi connectivity index (χ0) is 16.2. The van der Waals surface area contributed by atoms with Gasteiger partial charge in [-0.15, -0.1) is 0 Å². The molecule has 1 aromatic carbocycles. The van der Waals surface area contributed by atoms with Gasteiger partial charge in [0.05, 0.1) is 19.4 Å². The molecule has 0 unspecified atom stereocenters. The Labute approximate surface area is 139 Å². The average Bonchev–Trinajstić information content (AvgIpc) is 2.78. The monoisotopic (exact) mass is 319 g/mol. The summed E-state index contributed by atoms with van der Waals surface area (Å²) >= 11 is 0. The van der Waals surface area contributed by atoms with Crippen LogP contribution >= 0.6 is 0 Å². The summed E-state index contributed by atoms with van der Waals surface area (Å²) in [6.45, 7) is 5.40. The number of aliphatic hydroxyl groups excluding tert-OH is 1. The summed E-state index contributed by atoms with van der Waals surface area (Å²) in [7, 11) is 1.72. The van der Waals surface area contributed by atoms with Crippen LogP contribution < -0.4 is 10.5 Å². The van der Waals surface area contributed by atoms with E-state index in [0.29, 0.717) is 6.04 Å². The van der Waals surface area contributed by atoms with E-state index < -0.39 is 0 Å². The summed E-state index contributed by atoms with van der Waals surface area (Å²) in [5.41, 5.74) is 9.53. The van der Waals surface area contributed by atoms with Crippen LogP contribution in [0, 0.1) is 0 Å². The second-order valence-corrected chi connectivity index (χ2v) is 6.68. The number of benzene rings is 1. The number of nitrogens with zero attached hydrogens (tertiary/aromatic N) is 2. The molecule has 0 bridgehead atoms. The van der Waals surface area contributed by atoms with Crippen LogP contribution in [0.3, 0.4) is 0 Å². The van der Waals surface area contributed by atoms with Crippen LogP contribution in [0.1, 0.15) is 24.0 Å². The Bertz CT molecular complexity index is 527. The normalized spacial score (nSPS) is 23.3. The molecule has 5 heteroatoms. The molecule has 0 spiro atoms. The summed E-state index contributed by atoms with van der Waals surface area (Å²) in [6.07, 6.45) is 4.57. The first-order valence-electron chi connectivity index (χ1n) is 8.74. The molecule has 0 saturated carbocycles. The van der Waals surface area contributed by atoms with Gasteiger partial charge in [0, 0.05) is 38.8 Å². The van der Waals surface area contributed by atoms with Crippen molar-refractivity contribution >= 4 is 5.69 Å². The number of fused-ring (bicyclic) bond motifs is 1. The molecule has 1 atom stereocenters. The van der Waals surface area contributed by atoms with E-state index in [2.05, 4.69) is 15.9 Å². The molecule has 3 N–H and O–H groups in total. The van der Waals surface area contributed by atoms with Gasteiger partial charge in [-0.3, -0.25) is 9.80 Å². The third kappa shape index (κ3) is 3.62. The highest BCUT2D eigenvalue weighted by molar-refractivity contribution is 5.60. The average molecular weight is 319 g/mol. The molecule has 2 aliphatic rings. The second-order valence-electron chi connectivity index (χ2n) is 6.68. The molecule has 0 amide bonds. The van der Waals surface area contributed by atoms with E-state index in [1.807, 2.05) is 6.07 Å². The van der Waals surface area contributed by atoms with Crippen molar-refractivity contribution in [1.29, 1.82) is 0 Å². The van der Waals surface area contributed by atoms with Gasteiger partial charge >= 0.3 is 0 Å². The number of hydrogen-bond donors (Lipinski definition) is 2. The maximum absolute atomic E-state index is 9.07. The van der Waals surface area contributed by atoms with Crippen molar-refractivity contribution in [3.63, 3.8) is 0 Å². The quantitative estimate of drug-likeness (QED) is 0.644. The molecule has 23 heavy (non-hydrogen) atoms. The van der Waals surface area contributed by atoms with Crippen LogP contribution in [0.25, 0.3) is 0 Å². The molecule has 1 fully saturated rings. The van der Waals surface area contributed by atoms with Crippen LogP contribution in [-0.4, -0.2) is 67.4 Å². The molecule has 1 heterocycles. The Morgan fingerprint density at radius 3 is 2.74 bits per heavy atom. The molecule has 1 aliphatic carbocycles. The van der Waals surface area contributed by atoms with Gasteiger partial charge in [-0.05, 0) is 42.9 Å². The first kappa shape index (κ1) is 16.6. The number of nitrogen functional groups attached to an aromatic ring is 1. The van der Waals surface area contributed by atoms with Gasteiger partial charge in [-0.1, -0.05) is 6.07 Å². The van der Waals surface area contributed by atoms with Crippen LogP contribution in [0.2, 0.25) is 0 Å². The lowest BCUT2D eigenvalue weighted by atomic mass is 9.99. The molecule has 1 aromatic rings. The van der Waals surface area contributed by atoms with Gasteiger partial charge in [0.15, 0.2) is 0 Å². The fourth-order valence-electron chi connectivity index (χ4n) is 4.07. The molecule has 0 radical (unpaired) electrons. The summed E-state index contributed by atoms with van der Waals surface area (Å²) in [4.78, 5) is 4.98. The first-order valence-corrected chi connectivity index (χ1v) is 8.74. The molecule has 1 aliphatic heterocycles. The van der Waals surface area contributed by atoms with Crippen molar-refractivity contribution in [1.82, 2.24) is 9.80 Å². The van der Waals surface area contributed by atoms with Gasteiger partial charge in [-0.2, -0.15) is 0 Å². The maximum atomic E-state index is 9.07. The number of nitrogens with two attached hydrogens (primary N) is 1. The molecule has 0 aromatic heterocycles. The zero-order valence-corrected chi connectivity index (χ0v) is 14.1. The lowest BCUT2D eigenvalue weighted by Gasteiger charge is -2.39. The number of methoxy groups -OCH3 is 1. The Morgan fingerprint density at radius 2 is 2.04 bits per heavy atom. The highest BCUT2D eigenvalue weighted by Gasteiger charge is 2.27. The van der Waals surface area contributed by atoms with Crippen molar-refractivity contribution in [2.24, 2.45) is 0 Å². The number of rotatable bonds is 4. The molecule has 3 rings (SSSR count). The molecule has 1 saturated heterocycles. The van der Waals surface area contributed by atoms with Crippen LogP contribution in [0.15, 0.2) is 12.1 Å². The fourth-order valence-corrected chi connectivity index (χ4v) is 4.07. The largest absolute Gasteiger partial charge is 0.494 e. The fraction of sp³-hybridized carbons (Fsp3) is 0.667. The molecular formula is C18H29N3O2. The van der Waals surface area contributed by atoms with Crippen molar-refractivity contribution in [2.45, 2.75) is 31.7 Å². The van der Waals surface area contributed by atoms with Crippen LogP contribution in [0.5, 0.6) is 5.75 Å². The van der Waals surface area contributed by atoms with Gasteiger partial charge in [0.25, 0.3) is 0 Å². The number of anilines is 1. The number of hydrogen-bond acceptors (Lipinski definition) is 5. The number of ether oxygens (including phenoxy) is 1. The van der Waals surface area contributed by atoms with Gasteiger partial charge in [-0.25, -0.2) is 0 Å². The smallest absolute Gasteiger partial charge is 0.145 e. The Kier molecular flexibility index (Phi) is 5.41. The van der Waals surface area contributed by atoms with Gasteiger partial charge in [0.2, 0.25) is 0 Å². The van der Waals surface area contributed by atoms with E-state index in [-0.39, 0.29) is 6.61 Å². The highest BCUT2D eigenvalue weighted by atomic mass is 16.5. The van der Waals surface area contributed by atoms with Crippen molar-refractivity contribution < 1.29 is 9.84 Å². The van der Waals surface area contributed by atoms with E-state index in [0.717, 1.165) is 57.0 Å². The Morgan fingerprint density at radius 1 is 1.26 bits per heavy atom. The van der Waals surface area contributed by atoms with Crippen molar-refractivity contribution in [3.05, 3.63) is 23.3 Å². The Balaban J connectivity index is 1.70. The molecule has 5 nitrogen and oxygen atoms in total. The predicted octanol–water partition coefficient (Wildman–Crippen LogP) is 1.13. The minimum Gasteiger partial charge on any atom is -0.494 e. The van der Waals surface area contributed by atoms with Gasteiger partial charge in [0.1, 0.15) is 5.75 Å². The van der Waals surface area contributed by atoms with E-state index in [4.69, 9.17) is 15.6 Å². The number of β-amino-alcohol motifs (C(OH)–C–C–N with tert-alkyl or cyclic N) is 1. The maximum Gasteiger partial charge on any atom is 0.145 e. The first-order chi connectivity index (χ1) is 11.2. The number of aliphatic hydroxyl groups is 1. The third-order valence-electron chi connectivity index (χ3n) is 5.35. The van der Waals surface area contributed by atoms with Crippen molar-refractivity contribution in [3.8, 4) is 5.75 Å². The number of piperazine rings is 1. The Hall–Kier alpha value is -1.30. The summed E-state index contributed by atoms with van der Waals surface area (Å²) in [6, 6.07) is 4.79. The minimum atomic E-state index is 0.262. The van der Waals surface area contributed by atoms with Crippen molar-refractivity contribution in [2.75, 3.05) is 52.2 Å². The van der Waals surface area contributed by atoms with Crippen LogP contribution in [-0.2, 0) is 12.8 Å². The highest BCUT2D eigenvalue weighted by Crippen LogP contribution is 2.34. The molecule has 128 valence electrons. The van der Waals surface area contributed by atoms with E-state index >= 15 is 0 Å². The topological polar surface area (TPSA) is 62.0 Å². The summed E-state index contributed by atoms with van der Waals surface area (Å²) in [5, 5.41) is 9.07. The van der Waals surface area contributed by atoms with E-state index in [9.17, 15) is 0 Å². The van der Waals surface area contributed by atoms with E-state index in [1.165, 1.54) is 24.0 Å². The lowest BCUT2D eigenvalue weighted by Crippen LogP contribution is -2.51. The predicted molar refractivity (Wildman–Crippen MR) is 92.9 cm³/mol. The minimum absolute atomic E-state index is 0.262. The SMILES string of the molecule is COc1c(N)ccc2c1CCC[C@@H](N1CCN(CCO)CC1)C2.